The molecule has 0 aliphatic carbocycles. The summed E-state index contributed by atoms with van der Waals surface area (Å²) in [6.45, 7) is 13.8. The van der Waals surface area contributed by atoms with Crippen molar-refractivity contribution in [2.75, 3.05) is 13.2 Å². The normalized spacial score (nSPS) is 15.6. The van der Waals surface area contributed by atoms with Crippen LogP contribution in [-0.4, -0.2) is 24.4 Å². The predicted octanol–water partition coefficient (Wildman–Crippen LogP) is 3.77. The zero-order valence-electron chi connectivity index (χ0n) is 13.3. The van der Waals surface area contributed by atoms with E-state index in [9.17, 15) is 9.77 Å². The standard InChI is InChI=1S/C13H29NO4P/c1-8-17-19(16,18-9-2)11(12(3,4)5)10-13(6,7)14-15/h11,14H,8-10H2,1-7H3. The fourth-order valence-electron chi connectivity index (χ4n) is 1.99. The van der Waals surface area contributed by atoms with E-state index in [1.807, 2.05) is 26.3 Å². The maximum Gasteiger partial charge on any atom is 0.334 e. The van der Waals surface area contributed by atoms with Gasteiger partial charge in [-0.2, -0.15) is 5.48 Å². The van der Waals surface area contributed by atoms with Crippen molar-refractivity contribution >= 4 is 7.60 Å². The predicted molar refractivity (Wildman–Crippen MR) is 76.6 cm³/mol. The van der Waals surface area contributed by atoms with Gasteiger partial charge in [-0.05, 0) is 39.5 Å². The molecular formula is C13H29NO4P. The molecule has 0 aromatic rings. The summed E-state index contributed by atoms with van der Waals surface area (Å²) in [6, 6.07) is 0. The van der Waals surface area contributed by atoms with Gasteiger partial charge in [0.1, 0.15) is 0 Å². The number of hydrogen-bond acceptors (Lipinski definition) is 4. The van der Waals surface area contributed by atoms with Crippen LogP contribution in [0.1, 0.15) is 54.9 Å². The average molecular weight is 294 g/mol. The van der Waals surface area contributed by atoms with Crippen LogP contribution in [0.3, 0.4) is 0 Å². The van der Waals surface area contributed by atoms with Gasteiger partial charge in [-0.3, -0.25) is 4.57 Å². The highest BCUT2D eigenvalue weighted by molar-refractivity contribution is 7.54. The molecule has 5 nitrogen and oxygen atoms in total. The molecule has 19 heavy (non-hydrogen) atoms. The number of rotatable bonds is 8. The van der Waals surface area contributed by atoms with Crippen molar-refractivity contribution in [1.29, 1.82) is 0 Å². The monoisotopic (exact) mass is 294 g/mol. The zero-order chi connectivity index (χ0) is 15.3. The molecule has 1 atom stereocenters. The zero-order valence-corrected chi connectivity index (χ0v) is 14.2. The molecule has 0 amide bonds. The summed E-state index contributed by atoms with van der Waals surface area (Å²) in [5, 5.41) is 11.0. The maximum atomic E-state index is 13.0. The lowest BCUT2D eigenvalue weighted by Gasteiger charge is -2.39. The van der Waals surface area contributed by atoms with E-state index in [1.165, 1.54) is 0 Å². The highest BCUT2D eigenvalue weighted by atomic mass is 31.2. The fourth-order valence-corrected chi connectivity index (χ4v) is 4.78. The van der Waals surface area contributed by atoms with E-state index in [0.717, 1.165) is 0 Å². The molecule has 0 aromatic carbocycles. The van der Waals surface area contributed by atoms with Crippen LogP contribution in [0.5, 0.6) is 0 Å². The SMILES string of the molecule is CCOP(=O)(OCC)C(CC(C)(C)N[O])C(C)(C)C. The third kappa shape index (κ3) is 5.92. The molecule has 6 heteroatoms. The topological polar surface area (TPSA) is 67.5 Å². The van der Waals surface area contributed by atoms with E-state index in [0.29, 0.717) is 19.6 Å². The van der Waals surface area contributed by atoms with Gasteiger partial charge < -0.3 is 9.05 Å². The molecule has 0 heterocycles. The Morgan fingerprint density at radius 2 is 1.47 bits per heavy atom. The van der Waals surface area contributed by atoms with E-state index < -0.39 is 13.1 Å². The molecular weight excluding hydrogens is 265 g/mol. The van der Waals surface area contributed by atoms with Gasteiger partial charge in [0.2, 0.25) is 0 Å². The van der Waals surface area contributed by atoms with Crippen LogP contribution in [0, 0.1) is 5.41 Å². The summed E-state index contributed by atoms with van der Waals surface area (Å²) < 4.78 is 23.9. The first-order valence-corrected chi connectivity index (χ1v) is 8.41. The van der Waals surface area contributed by atoms with E-state index >= 15 is 0 Å². The lowest BCUT2D eigenvalue weighted by Crippen LogP contribution is -2.43. The Hall–Kier alpha value is 0.0700. The molecule has 0 rings (SSSR count). The first-order valence-electron chi connectivity index (χ1n) is 6.80. The van der Waals surface area contributed by atoms with Crippen LogP contribution in [0.25, 0.3) is 0 Å². The second-order valence-corrected chi connectivity index (χ2v) is 8.67. The van der Waals surface area contributed by atoms with Crippen LogP contribution < -0.4 is 5.48 Å². The van der Waals surface area contributed by atoms with Gasteiger partial charge in [0, 0.05) is 5.54 Å². The van der Waals surface area contributed by atoms with E-state index in [2.05, 4.69) is 0 Å². The Labute approximate surface area is 117 Å². The van der Waals surface area contributed by atoms with Crippen molar-refractivity contribution in [2.24, 2.45) is 5.41 Å². The van der Waals surface area contributed by atoms with Crippen molar-refractivity contribution < 1.29 is 18.8 Å². The van der Waals surface area contributed by atoms with Crippen molar-refractivity contribution in [1.82, 2.24) is 5.48 Å². The highest BCUT2D eigenvalue weighted by Gasteiger charge is 2.45. The van der Waals surface area contributed by atoms with Gasteiger partial charge in [-0.25, -0.2) is 0 Å². The summed E-state index contributed by atoms with van der Waals surface area (Å²) in [7, 11) is -3.24. The molecule has 0 saturated heterocycles. The largest absolute Gasteiger partial charge is 0.334 e. The summed E-state index contributed by atoms with van der Waals surface area (Å²) >= 11 is 0. The maximum absolute atomic E-state index is 13.0. The quantitative estimate of drug-likeness (QED) is 0.546. The molecule has 1 unspecified atom stereocenters. The van der Waals surface area contributed by atoms with Gasteiger partial charge in [0.15, 0.2) is 0 Å². The molecule has 0 aliphatic rings. The molecule has 1 radical (unpaired) electrons. The summed E-state index contributed by atoms with van der Waals surface area (Å²) in [5.74, 6) is 0. The second kappa shape index (κ2) is 7.19. The van der Waals surface area contributed by atoms with Crippen molar-refractivity contribution in [3.8, 4) is 0 Å². The number of hydroxylamine groups is 1. The lowest BCUT2D eigenvalue weighted by atomic mass is 9.84. The number of nitrogens with one attached hydrogen (secondary N) is 1. The van der Waals surface area contributed by atoms with Gasteiger partial charge in [0.25, 0.3) is 0 Å². The van der Waals surface area contributed by atoms with Gasteiger partial charge in [-0.15, -0.1) is 5.21 Å². The Bertz CT molecular complexity index is 302. The van der Waals surface area contributed by atoms with Crippen LogP contribution in [0.4, 0.5) is 0 Å². The summed E-state index contributed by atoms with van der Waals surface area (Å²) in [5.41, 5.74) is 0.733. The lowest BCUT2D eigenvalue weighted by molar-refractivity contribution is 0.00111. The summed E-state index contributed by atoms with van der Waals surface area (Å²) in [4.78, 5) is 0. The minimum atomic E-state index is -3.24. The van der Waals surface area contributed by atoms with Gasteiger partial charge in [-0.1, -0.05) is 20.8 Å². The minimum Gasteiger partial charge on any atom is -0.309 e. The third-order valence-corrected chi connectivity index (χ3v) is 5.94. The Morgan fingerprint density at radius 3 is 1.74 bits per heavy atom. The van der Waals surface area contributed by atoms with Gasteiger partial charge in [0.05, 0.1) is 18.9 Å². The van der Waals surface area contributed by atoms with Crippen molar-refractivity contribution in [3.05, 3.63) is 0 Å². The van der Waals surface area contributed by atoms with E-state index in [1.54, 1.807) is 27.7 Å². The second-order valence-electron chi connectivity index (χ2n) is 6.45. The van der Waals surface area contributed by atoms with E-state index in [-0.39, 0.29) is 11.1 Å². The average Bonchev–Trinajstić information content (AvgIpc) is 2.25. The van der Waals surface area contributed by atoms with Crippen LogP contribution in [-0.2, 0) is 18.8 Å². The molecule has 0 fully saturated rings. The van der Waals surface area contributed by atoms with Gasteiger partial charge >= 0.3 is 7.60 Å². The van der Waals surface area contributed by atoms with Crippen LogP contribution in [0.15, 0.2) is 0 Å². The number of hydrogen-bond donors (Lipinski definition) is 1. The van der Waals surface area contributed by atoms with Crippen molar-refractivity contribution in [2.45, 2.75) is 66.1 Å². The Morgan fingerprint density at radius 1 is 1.05 bits per heavy atom. The van der Waals surface area contributed by atoms with Crippen molar-refractivity contribution in [3.63, 3.8) is 0 Å². The molecule has 0 aromatic heterocycles. The molecule has 115 valence electrons. The van der Waals surface area contributed by atoms with Crippen LogP contribution in [0.2, 0.25) is 0 Å². The molecule has 0 bridgehead atoms. The van der Waals surface area contributed by atoms with Crippen LogP contribution >= 0.6 is 7.60 Å². The first-order chi connectivity index (χ1) is 8.52. The highest BCUT2D eigenvalue weighted by Crippen LogP contribution is 2.60. The Balaban J connectivity index is 5.39. The fraction of sp³-hybridized carbons (Fsp3) is 1.00. The molecule has 1 N–H and O–H groups in total. The summed E-state index contributed by atoms with van der Waals surface area (Å²) in [6.07, 6.45) is 0.428. The Kier molecular flexibility index (Phi) is 7.21. The van der Waals surface area contributed by atoms with E-state index in [4.69, 9.17) is 9.05 Å². The third-order valence-electron chi connectivity index (χ3n) is 2.98. The molecule has 0 spiro atoms. The smallest absolute Gasteiger partial charge is 0.309 e. The molecule has 0 aliphatic heterocycles. The minimum absolute atomic E-state index is 0.284. The first kappa shape index (κ1) is 19.1. The molecule has 0 saturated carbocycles.